The topological polar surface area (TPSA) is 101 Å². The molecule has 1 atom stereocenters. The number of rotatable bonds is 5. The van der Waals surface area contributed by atoms with Gasteiger partial charge in [0.15, 0.2) is 9.84 Å². The summed E-state index contributed by atoms with van der Waals surface area (Å²) in [6, 6.07) is 7.69. The first-order chi connectivity index (χ1) is 11.9. The van der Waals surface area contributed by atoms with Crippen LogP contribution in [0, 0.1) is 6.92 Å². The lowest BCUT2D eigenvalue weighted by Gasteiger charge is -2.11. The van der Waals surface area contributed by atoms with Crippen LogP contribution in [0.4, 0.5) is 5.95 Å². The monoisotopic (exact) mass is 360 g/mol. The molecule has 0 spiro atoms. The predicted molar refractivity (Wildman–Crippen MR) is 95.1 cm³/mol. The molecular formula is C17H20N4O3S. The number of sulfone groups is 1. The zero-order chi connectivity index (χ0) is 17.9. The van der Waals surface area contributed by atoms with Crippen LogP contribution >= 0.6 is 0 Å². The van der Waals surface area contributed by atoms with Crippen molar-refractivity contribution >= 4 is 21.7 Å². The molecule has 0 radical (unpaired) electrons. The van der Waals surface area contributed by atoms with E-state index in [9.17, 15) is 13.2 Å². The first-order valence-electron chi connectivity index (χ1n) is 8.05. The first-order valence-corrected chi connectivity index (χ1v) is 9.87. The third-order valence-electron chi connectivity index (χ3n) is 4.18. The molecule has 1 fully saturated rings. The molecule has 1 saturated heterocycles. The fourth-order valence-corrected chi connectivity index (χ4v) is 4.37. The highest BCUT2D eigenvalue weighted by Crippen LogP contribution is 2.12. The van der Waals surface area contributed by atoms with Crippen LogP contribution in [-0.4, -0.2) is 41.8 Å². The lowest BCUT2D eigenvalue weighted by atomic mass is 10.1. The third kappa shape index (κ3) is 4.54. The number of benzene rings is 1. The summed E-state index contributed by atoms with van der Waals surface area (Å²) in [5.41, 5.74) is 2.64. The van der Waals surface area contributed by atoms with Crippen molar-refractivity contribution in [3.05, 3.63) is 53.3 Å². The minimum Gasteiger partial charge on any atom is -0.350 e. The minimum atomic E-state index is -3.02. The maximum Gasteiger partial charge on any atom is 0.254 e. The van der Waals surface area contributed by atoms with E-state index >= 15 is 0 Å². The summed E-state index contributed by atoms with van der Waals surface area (Å²) in [4.78, 5) is 20.4. The van der Waals surface area contributed by atoms with E-state index in [2.05, 4.69) is 20.6 Å². The summed E-state index contributed by atoms with van der Waals surface area (Å²) >= 11 is 0. The largest absolute Gasteiger partial charge is 0.350 e. The normalized spacial score (nSPS) is 18.7. The molecule has 1 amide bonds. The molecule has 0 aliphatic carbocycles. The van der Waals surface area contributed by atoms with Crippen LogP contribution < -0.4 is 10.6 Å². The van der Waals surface area contributed by atoms with E-state index in [0.717, 1.165) is 5.56 Å². The van der Waals surface area contributed by atoms with Gasteiger partial charge >= 0.3 is 0 Å². The highest BCUT2D eigenvalue weighted by Gasteiger charge is 2.29. The average molecular weight is 360 g/mol. The number of aromatic nitrogens is 2. The number of carbonyl (C=O) groups excluding carboxylic acids is 1. The fraction of sp³-hybridized carbons (Fsp3) is 0.353. The Hall–Kier alpha value is -2.48. The van der Waals surface area contributed by atoms with Crippen LogP contribution in [0.1, 0.15) is 27.9 Å². The first kappa shape index (κ1) is 17.3. The van der Waals surface area contributed by atoms with E-state index in [0.29, 0.717) is 24.5 Å². The Morgan fingerprint density at radius 1 is 1.24 bits per heavy atom. The van der Waals surface area contributed by atoms with Crippen molar-refractivity contribution in [2.75, 3.05) is 16.8 Å². The van der Waals surface area contributed by atoms with E-state index in [4.69, 9.17) is 0 Å². The van der Waals surface area contributed by atoms with Crippen LogP contribution in [0.5, 0.6) is 0 Å². The smallest absolute Gasteiger partial charge is 0.254 e. The van der Waals surface area contributed by atoms with Gasteiger partial charge in [-0.25, -0.2) is 18.4 Å². The van der Waals surface area contributed by atoms with Gasteiger partial charge < -0.3 is 10.6 Å². The van der Waals surface area contributed by atoms with Crippen molar-refractivity contribution in [1.82, 2.24) is 15.3 Å². The molecule has 1 aromatic heterocycles. The molecule has 132 valence electrons. The quantitative estimate of drug-likeness (QED) is 0.834. The molecular weight excluding hydrogens is 340 g/mol. The molecule has 0 saturated carbocycles. The summed E-state index contributed by atoms with van der Waals surface area (Å²) in [5, 5.41) is 5.84. The van der Waals surface area contributed by atoms with Gasteiger partial charge in [0, 0.05) is 25.0 Å². The van der Waals surface area contributed by atoms with E-state index in [1.54, 1.807) is 0 Å². The van der Waals surface area contributed by atoms with E-state index in [1.165, 1.54) is 18.0 Å². The number of anilines is 1. The zero-order valence-electron chi connectivity index (χ0n) is 13.9. The zero-order valence-corrected chi connectivity index (χ0v) is 14.7. The Labute approximate surface area is 146 Å². The van der Waals surface area contributed by atoms with Crippen molar-refractivity contribution in [3.8, 4) is 0 Å². The van der Waals surface area contributed by atoms with Crippen molar-refractivity contribution in [2.45, 2.75) is 25.9 Å². The average Bonchev–Trinajstić information content (AvgIpc) is 2.93. The number of carbonyl (C=O) groups is 1. The molecule has 1 aromatic carbocycles. The molecule has 1 aliphatic heterocycles. The van der Waals surface area contributed by atoms with Gasteiger partial charge in [-0.15, -0.1) is 0 Å². The molecule has 25 heavy (non-hydrogen) atoms. The van der Waals surface area contributed by atoms with Gasteiger partial charge in [-0.3, -0.25) is 4.79 Å². The Morgan fingerprint density at radius 2 is 1.96 bits per heavy atom. The lowest BCUT2D eigenvalue weighted by molar-refractivity contribution is 0.0940. The maximum atomic E-state index is 12.1. The molecule has 7 nitrogen and oxygen atoms in total. The SMILES string of the molecule is Cc1ccccc1CNc1ncc(C(=O)NC2CCS(=O)(=O)C2)cn1. The summed E-state index contributed by atoms with van der Waals surface area (Å²) in [6.45, 7) is 2.63. The second-order valence-electron chi connectivity index (χ2n) is 6.15. The van der Waals surface area contributed by atoms with E-state index < -0.39 is 9.84 Å². The van der Waals surface area contributed by atoms with Gasteiger partial charge in [-0.2, -0.15) is 0 Å². The molecule has 1 aliphatic rings. The maximum absolute atomic E-state index is 12.1. The standard InChI is InChI=1S/C17H20N4O3S/c1-12-4-2-3-5-13(12)8-18-17-19-9-14(10-20-17)16(22)21-15-6-7-25(23,24)11-15/h2-5,9-10,15H,6-8,11H2,1H3,(H,21,22)(H,18,19,20). The predicted octanol–water partition coefficient (Wildman–Crippen LogP) is 1.31. The number of nitrogens with one attached hydrogen (secondary N) is 2. The fourth-order valence-electron chi connectivity index (χ4n) is 2.70. The summed E-state index contributed by atoms with van der Waals surface area (Å²) < 4.78 is 22.9. The van der Waals surface area contributed by atoms with Crippen molar-refractivity contribution in [2.24, 2.45) is 0 Å². The number of hydrogen-bond acceptors (Lipinski definition) is 6. The summed E-state index contributed by atoms with van der Waals surface area (Å²) in [7, 11) is -3.02. The minimum absolute atomic E-state index is 0.00430. The van der Waals surface area contributed by atoms with Gasteiger partial charge in [0.05, 0.1) is 17.1 Å². The van der Waals surface area contributed by atoms with Crippen LogP contribution in [0.25, 0.3) is 0 Å². The van der Waals surface area contributed by atoms with Gasteiger partial charge in [0.1, 0.15) is 0 Å². The van der Waals surface area contributed by atoms with Crippen LogP contribution in [0.2, 0.25) is 0 Å². The number of aryl methyl sites for hydroxylation is 1. The van der Waals surface area contributed by atoms with Crippen molar-refractivity contribution < 1.29 is 13.2 Å². The third-order valence-corrected chi connectivity index (χ3v) is 5.95. The molecule has 3 rings (SSSR count). The second-order valence-corrected chi connectivity index (χ2v) is 8.38. The summed E-state index contributed by atoms with van der Waals surface area (Å²) in [5.74, 6) is 0.196. The molecule has 2 heterocycles. The molecule has 8 heteroatoms. The Morgan fingerprint density at radius 3 is 2.60 bits per heavy atom. The van der Waals surface area contributed by atoms with Crippen LogP contribution in [-0.2, 0) is 16.4 Å². The lowest BCUT2D eigenvalue weighted by Crippen LogP contribution is -2.35. The van der Waals surface area contributed by atoms with Gasteiger partial charge in [0.2, 0.25) is 5.95 Å². The number of amides is 1. The van der Waals surface area contributed by atoms with E-state index in [1.807, 2.05) is 31.2 Å². The van der Waals surface area contributed by atoms with Gasteiger partial charge in [-0.1, -0.05) is 24.3 Å². The Balaban J connectivity index is 1.56. The van der Waals surface area contributed by atoms with E-state index in [-0.39, 0.29) is 23.5 Å². The van der Waals surface area contributed by atoms with Crippen LogP contribution in [0.15, 0.2) is 36.7 Å². The Kier molecular flexibility index (Phi) is 4.98. The van der Waals surface area contributed by atoms with Gasteiger partial charge in [0.25, 0.3) is 5.91 Å². The number of hydrogen-bond donors (Lipinski definition) is 2. The molecule has 2 aromatic rings. The molecule has 0 bridgehead atoms. The molecule has 2 N–H and O–H groups in total. The Bertz CT molecular complexity index is 866. The van der Waals surface area contributed by atoms with Crippen LogP contribution in [0.3, 0.4) is 0 Å². The highest BCUT2D eigenvalue weighted by atomic mass is 32.2. The van der Waals surface area contributed by atoms with Crippen molar-refractivity contribution in [3.63, 3.8) is 0 Å². The van der Waals surface area contributed by atoms with Gasteiger partial charge in [-0.05, 0) is 24.5 Å². The summed E-state index contributed by atoms with van der Waals surface area (Å²) in [6.07, 6.45) is 3.32. The van der Waals surface area contributed by atoms with Crippen molar-refractivity contribution in [1.29, 1.82) is 0 Å². The number of nitrogens with zero attached hydrogens (tertiary/aromatic N) is 2. The molecule has 1 unspecified atom stereocenters. The second kappa shape index (κ2) is 7.18. The highest BCUT2D eigenvalue weighted by molar-refractivity contribution is 7.91.